The Hall–Kier alpha value is -0.970. The summed E-state index contributed by atoms with van der Waals surface area (Å²) in [6.07, 6.45) is -0.822. The summed E-state index contributed by atoms with van der Waals surface area (Å²) in [6.45, 7) is -0.602. The highest BCUT2D eigenvalue weighted by Crippen LogP contribution is 2.25. The molecular formula is C11H15FO3. The van der Waals surface area contributed by atoms with E-state index in [9.17, 15) is 9.50 Å². The normalized spacial score (nSPS) is 14.9. The highest BCUT2D eigenvalue weighted by molar-refractivity contribution is 5.22. The number of aliphatic hydroxyl groups is 3. The molecule has 84 valence electrons. The fourth-order valence-electron chi connectivity index (χ4n) is 1.60. The zero-order chi connectivity index (χ0) is 11.3. The van der Waals surface area contributed by atoms with Gasteiger partial charge in [0.1, 0.15) is 5.82 Å². The van der Waals surface area contributed by atoms with Crippen LogP contribution in [0.5, 0.6) is 0 Å². The quantitative estimate of drug-likeness (QED) is 0.674. The zero-order valence-electron chi connectivity index (χ0n) is 8.31. The molecule has 1 aromatic rings. The summed E-state index contributed by atoms with van der Waals surface area (Å²) < 4.78 is 13.4. The minimum absolute atomic E-state index is 0.157. The SMILES string of the molecule is OCCC(c1ccccc1F)C(O)CO. The van der Waals surface area contributed by atoms with Crippen molar-refractivity contribution in [3.05, 3.63) is 35.6 Å². The van der Waals surface area contributed by atoms with Crippen LogP contribution in [0.25, 0.3) is 0 Å². The summed E-state index contributed by atoms with van der Waals surface area (Å²) in [5, 5.41) is 27.1. The molecule has 0 radical (unpaired) electrons. The fourth-order valence-corrected chi connectivity index (χ4v) is 1.60. The first-order valence-corrected chi connectivity index (χ1v) is 4.85. The van der Waals surface area contributed by atoms with E-state index in [-0.39, 0.29) is 13.0 Å². The van der Waals surface area contributed by atoms with Gasteiger partial charge in [-0.05, 0) is 18.1 Å². The third kappa shape index (κ3) is 2.99. The molecule has 0 heterocycles. The van der Waals surface area contributed by atoms with E-state index in [1.54, 1.807) is 18.2 Å². The second-order valence-corrected chi connectivity index (χ2v) is 3.39. The van der Waals surface area contributed by atoms with Crippen molar-refractivity contribution >= 4 is 0 Å². The first-order chi connectivity index (χ1) is 7.20. The standard InChI is InChI=1S/C11H15FO3/c12-10-4-2-1-3-8(10)9(5-6-13)11(15)7-14/h1-4,9,11,13-15H,5-7H2. The summed E-state index contributed by atoms with van der Waals surface area (Å²) in [7, 11) is 0. The van der Waals surface area contributed by atoms with Crippen LogP contribution in [-0.4, -0.2) is 34.6 Å². The summed E-state index contributed by atoms with van der Waals surface area (Å²) in [5.41, 5.74) is 0.327. The molecule has 0 aliphatic rings. The van der Waals surface area contributed by atoms with Crippen molar-refractivity contribution in [1.29, 1.82) is 0 Å². The Morgan fingerprint density at radius 1 is 1.20 bits per heavy atom. The number of halogens is 1. The second kappa shape index (κ2) is 5.80. The minimum atomic E-state index is -1.05. The van der Waals surface area contributed by atoms with Gasteiger partial charge in [-0.1, -0.05) is 18.2 Å². The molecule has 2 unspecified atom stereocenters. The van der Waals surface area contributed by atoms with Gasteiger partial charge in [-0.3, -0.25) is 0 Å². The predicted octanol–water partition coefficient (Wildman–Crippen LogP) is 0.645. The molecular weight excluding hydrogens is 199 g/mol. The van der Waals surface area contributed by atoms with E-state index in [1.165, 1.54) is 6.07 Å². The molecule has 0 bridgehead atoms. The van der Waals surface area contributed by atoms with Crippen molar-refractivity contribution < 1.29 is 19.7 Å². The Bertz CT molecular complexity index is 304. The highest BCUT2D eigenvalue weighted by atomic mass is 19.1. The maximum Gasteiger partial charge on any atom is 0.126 e. The monoisotopic (exact) mass is 214 g/mol. The van der Waals surface area contributed by atoms with Crippen LogP contribution in [0.3, 0.4) is 0 Å². The van der Waals surface area contributed by atoms with Crippen LogP contribution in [0.15, 0.2) is 24.3 Å². The Balaban J connectivity index is 2.93. The lowest BCUT2D eigenvalue weighted by Gasteiger charge is -2.21. The zero-order valence-corrected chi connectivity index (χ0v) is 8.31. The van der Waals surface area contributed by atoms with Gasteiger partial charge < -0.3 is 15.3 Å². The number of hydrogen-bond acceptors (Lipinski definition) is 3. The Morgan fingerprint density at radius 2 is 1.87 bits per heavy atom. The van der Waals surface area contributed by atoms with E-state index in [1.807, 2.05) is 0 Å². The van der Waals surface area contributed by atoms with Crippen molar-refractivity contribution in [2.45, 2.75) is 18.4 Å². The van der Waals surface area contributed by atoms with Crippen LogP contribution < -0.4 is 0 Å². The Labute approximate surface area is 87.8 Å². The van der Waals surface area contributed by atoms with E-state index in [0.29, 0.717) is 5.56 Å². The maximum atomic E-state index is 13.4. The maximum absolute atomic E-state index is 13.4. The van der Waals surface area contributed by atoms with Crippen molar-refractivity contribution in [1.82, 2.24) is 0 Å². The number of rotatable bonds is 5. The van der Waals surface area contributed by atoms with Crippen molar-refractivity contribution in [2.75, 3.05) is 13.2 Å². The first kappa shape index (κ1) is 12.1. The third-order valence-electron chi connectivity index (χ3n) is 2.40. The van der Waals surface area contributed by atoms with E-state index >= 15 is 0 Å². The average Bonchev–Trinajstić information content (AvgIpc) is 2.26. The van der Waals surface area contributed by atoms with E-state index in [4.69, 9.17) is 10.2 Å². The summed E-state index contributed by atoms with van der Waals surface area (Å²) >= 11 is 0. The van der Waals surface area contributed by atoms with Crippen LogP contribution in [0.2, 0.25) is 0 Å². The topological polar surface area (TPSA) is 60.7 Å². The lowest BCUT2D eigenvalue weighted by Crippen LogP contribution is -2.24. The lowest BCUT2D eigenvalue weighted by atomic mass is 9.90. The number of hydrogen-bond donors (Lipinski definition) is 3. The molecule has 0 aliphatic carbocycles. The van der Waals surface area contributed by atoms with Crippen molar-refractivity contribution in [3.8, 4) is 0 Å². The smallest absolute Gasteiger partial charge is 0.126 e. The van der Waals surface area contributed by atoms with E-state index in [0.717, 1.165) is 0 Å². The molecule has 15 heavy (non-hydrogen) atoms. The predicted molar refractivity (Wildman–Crippen MR) is 53.9 cm³/mol. The van der Waals surface area contributed by atoms with Gasteiger partial charge in [0.15, 0.2) is 0 Å². The molecule has 1 rings (SSSR count). The van der Waals surface area contributed by atoms with E-state index in [2.05, 4.69) is 0 Å². The van der Waals surface area contributed by atoms with Crippen LogP contribution in [0.1, 0.15) is 17.9 Å². The van der Waals surface area contributed by atoms with Gasteiger partial charge in [0.25, 0.3) is 0 Å². The van der Waals surface area contributed by atoms with Gasteiger partial charge in [-0.2, -0.15) is 0 Å². The Kier molecular flexibility index (Phi) is 4.68. The third-order valence-corrected chi connectivity index (χ3v) is 2.40. The molecule has 2 atom stereocenters. The van der Waals surface area contributed by atoms with Crippen LogP contribution in [-0.2, 0) is 0 Å². The molecule has 0 aromatic heterocycles. The van der Waals surface area contributed by atoms with Crippen LogP contribution >= 0.6 is 0 Å². The van der Waals surface area contributed by atoms with Crippen LogP contribution in [0.4, 0.5) is 4.39 Å². The molecule has 0 saturated heterocycles. The summed E-state index contributed by atoms with van der Waals surface area (Å²) in [4.78, 5) is 0. The number of aliphatic hydroxyl groups excluding tert-OH is 3. The largest absolute Gasteiger partial charge is 0.396 e. The van der Waals surface area contributed by atoms with Gasteiger partial charge in [0.2, 0.25) is 0 Å². The lowest BCUT2D eigenvalue weighted by molar-refractivity contribution is 0.0631. The molecule has 4 heteroatoms. The van der Waals surface area contributed by atoms with Crippen molar-refractivity contribution in [3.63, 3.8) is 0 Å². The molecule has 0 aliphatic heterocycles. The molecule has 0 saturated carbocycles. The number of benzene rings is 1. The van der Waals surface area contributed by atoms with Crippen molar-refractivity contribution in [2.24, 2.45) is 0 Å². The molecule has 0 spiro atoms. The van der Waals surface area contributed by atoms with Gasteiger partial charge in [-0.25, -0.2) is 4.39 Å². The fraction of sp³-hybridized carbons (Fsp3) is 0.455. The van der Waals surface area contributed by atoms with Gasteiger partial charge in [0.05, 0.1) is 12.7 Å². The molecule has 0 amide bonds. The van der Waals surface area contributed by atoms with Crippen LogP contribution in [0, 0.1) is 5.82 Å². The molecule has 0 fully saturated rings. The van der Waals surface area contributed by atoms with E-state index < -0.39 is 24.4 Å². The summed E-state index contributed by atoms with van der Waals surface area (Å²) in [5.74, 6) is -0.996. The van der Waals surface area contributed by atoms with Gasteiger partial charge in [-0.15, -0.1) is 0 Å². The first-order valence-electron chi connectivity index (χ1n) is 4.85. The molecule has 3 nitrogen and oxygen atoms in total. The molecule has 3 N–H and O–H groups in total. The van der Waals surface area contributed by atoms with Gasteiger partial charge >= 0.3 is 0 Å². The minimum Gasteiger partial charge on any atom is -0.396 e. The van der Waals surface area contributed by atoms with Gasteiger partial charge in [0, 0.05) is 12.5 Å². The highest BCUT2D eigenvalue weighted by Gasteiger charge is 2.22. The summed E-state index contributed by atoms with van der Waals surface area (Å²) in [6, 6.07) is 6.06. The molecule has 1 aromatic carbocycles. The Morgan fingerprint density at radius 3 is 2.40 bits per heavy atom. The average molecular weight is 214 g/mol. The second-order valence-electron chi connectivity index (χ2n) is 3.39.